The molecule has 0 N–H and O–H groups in total. The first-order chi connectivity index (χ1) is 13.3. The van der Waals surface area contributed by atoms with Gasteiger partial charge in [-0.2, -0.15) is 0 Å². The highest BCUT2D eigenvalue weighted by Gasteiger charge is 2.53. The molecule has 1 saturated heterocycles. The van der Waals surface area contributed by atoms with E-state index in [1.54, 1.807) is 0 Å². The molecule has 3 rings (SSSR count). The van der Waals surface area contributed by atoms with E-state index in [1.165, 1.54) is 0 Å². The summed E-state index contributed by atoms with van der Waals surface area (Å²) in [5, 5.41) is 1.88. The number of esters is 1. The van der Waals surface area contributed by atoms with E-state index in [2.05, 4.69) is 45.0 Å². The standard InChI is InChI=1S/C23H28O4Si/c1-23(2,3)28(19-10-6-4-7-11-19,20-12-8-5-9-13-20)27-22(25)18-14-15-21(24)26-17-16-18/h4-13,18H,14-17H2,1-3H3. The topological polar surface area (TPSA) is 52.6 Å². The van der Waals surface area contributed by atoms with Crippen LogP contribution in [0.3, 0.4) is 0 Å². The van der Waals surface area contributed by atoms with E-state index < -0.39 is 8.32 Å². The number of carbonyl (C=O) groups is 2. The third-order valence-electron chi connectivity index (χ3n) is 5.43. The molecule has 1 heterocycles. The normalized spacial score (nSPS) is 18.1. The zero-order valence-corrected chi connectivity index (χ0v) is 17.8. The Kier molecular flexibility index (Phi) is 6.03. The average molecular weight is 397 g/mol. The summed E-state index contributed by atoms with van der Waals surface area (Å²) in [6.07, 6.45) is 1.26. The van der Waals surface area contributed by atoms with Gasteiger partial charge in [0.25, 0.3) is 5.97 Å². The number of hydrogen-bond donors (Lipinski definition) is 0. The lowest BCUT2D eigenvalue weighted by atomic mass is 10.0. The van der Waals surface area contributed by atoms with Gasteiger partial charge in [0, 0.05) is 6.42 Å². The fourth-order valence-electron chi connectivity index (χ4n) is 3.94. The molecular weight excluding hydrogens is 368 g/mol. The van der Waals surface area contributed by atoms with E-state index in [0.29, 0.717) is 12.8 Å². The molecule has 0 aromatic heterocycles. The van der Waals surface area contributed by atoms with Crippen molar-refractivity contribution in [2.24, 2.45) is 5.92 Å². The Morgan fingerprint density at radius 2 is 1.50 bits per heavy atom. The molecule has 1 fully saturated rings. The summed E-state index contributed by atoms with van der Waals surface area (Å²) in [4.78, 5) is 24.9. The van der Waals surface area contributed by atoms with E-state index in [-0.39, 0.29) is 35.9 Å². The van der Waals surface area contributed by atoms with Gasteiger partial charge in [-0.25, -0.2) is 0 Å². The third-order valence-corrected chi connectivity index (χ3v) is 10.3. The quantitative estimate of drug-likeness (QED) is 0.587. The lowest BCUT2D eigenvalue weighted by Crippen LogP contribution is -2.67. The number of benzene rings is 2. The molecule has 4 nitrogen and oxygen atoms in total. The summed E-state index contributed by atoms with van der Waals surface area (Å²) in [5.41, 5.74) is 0. The summed E-state index contributed by atoms with van der Waals surface area (Å²) < 4.78 is 11.7. The number of carbonyl (C=O) groups excluding carboxylic acids is 2. The second-order valence-corrected chi connectivity index (χ2v) is 12.6. The second-order valence-electron chi connectivity index (χ2n) is 8.33. The first kappa shape index (κ1) is 20.3. The van der Waals surface area contributed by atoms with E-state index in [9.17, 15) is 9.59 Å². The van der Waals surface area contributed by atoms with Crippen LogP contribution in [0.4, 0.5) is 0 Å². The van der Waals surface area contributed by atoms with Gasteiger partial charge in [0.1, 0.15) is 0 Å². The van der Waals surface area contributed by atoms with Crippen LogP contribution in [0.5, 0.6) is 0 Å². The minimum absolute atomic E-state index is 0.215. The molecule has 1 atom stereocenters. The monoisotopic (exact) mass is 396 g/mol. The van der Waals surface area contributed by atoms with Crippen molar-refractivity contribution >= 4 is 30.6 Å². The van der Waals surface area contributed by atoms with Crippen LogP contribution in [0.15, 0.2) is 60.7 Å². The number of ether oxygens (including phenoxy) is 1. The van der Waals surface area contributed by atoms with E-state index in [1.807, 2.05) is 36.4 Å². The third kappa shape index (κ3) is 4.04. The highest BCUT2D eigenvalue weighted by molar-refractivity contribution is 7.00. The predicted molar refractivity (Wildman–Crippen MR) is 112 cm³/mol. The smallest absolute Gasteiger partial charge is 0.323 e. The van der Waals surface area contributed by atoms with Crippen LogP contribution < -0.4 is 10.4 Å². The number of hydrogen-bond acceptors (Lipinski definition) is 4. The van der Waals surface area contributed by atoms with Crippen molar-refractivity contribution in [3.8, 4) is 0 Å². The molecule has 148 valence electrons. The van der Waals surface area contributed by atoms with E-state index >= 15 is 0 Å². The van der Waals surface area contributed by atoms with Gasteiger partial charge < -0.3 is 9.16 Å². The van der Waals surface area contributed by atoms with Crippen LogP contribution in [0.25, 0.3) is 0 Å². The van der Waals surface area contributed by atoms with Gasteiger partial charge in [-0.1, -0.05) is 81.4 Å². The maximum absolute atomic E-state index is 13.3. The Morgan fingerprint density at radius 3 is 2.00 bits per heavy atom. The van der Waals surface area contributed by atoms with Crippen molar-refractivity contribution in [2.75, 3.05) is 6.61 Å². The lowest BCUT2D eigenvalue weighted by molar-refractivity contribution is -0.143. The molecule has 0 saturated carbocycles. The Morgan fingerprint density at radius 1 is 0.964 bits per heavy atom. The van der Waals surface area contributed by atoms with Crippen molar-refractivity contribution in [3.05, 3.63) is 60.7 Å². The van der Waals surface area contributed by atoms with Crippen LogP contribution in [-0.2, 0) is 18.8 Å². The van der Waals surface area contributed by atoms with Gasteiger partial charge in [0.05, 0.1) is 12.5 Å². The zero-order chi connectivity index (χ0) is 20.2. The van der Waals surface area contributed by atoms with Gasteiger partial charge in [-0.15, -0.1) is 0 Å². The second kappa shape index (κ2) is 8.31. The van der Waals surface area contributed by atoms with E-state index in [0.717, 1.165) is 10.4 Å². The van der Waals surface area contributed by atoms with Gasteiger partial charge >= 0.3 is 14.3 Å². The Balaban J connectivity index is 2.06. The van der Waals surface area contributed by atoms with Crippen LogP contribution >= 0.6 is 0 Å². The summed E-state index contributed by atoms with van der Waals surface area (Å²) in [6.45, 7) is 6.71. The van der Waals surface area contributed by atoms with Gasteiger partial charge in [-0.05, 0) is 28.3 Å². The highest BCUT2D eigenvalue weighted by Crippen LogP contribution is 2.37. The maximum atomic E-state index is 13.3. The average Bonchev–Trinajstić information content (AvgIpc) is 2.91. The molecule has 0 amide bonds. The van der Waals surface area contributed by atoms with Crippen LogP contribution in [0.1, 0.15) is 40.0 Å². The zero-order valence-electron chi connectivity index (χ0n) is 16.8. The molecule has 2 aromatic carbocycles. The highest BCUT2D eigenvalue weighted by atomic mass is 28.4. The van der Waals surface area contributed by atoms with Crippen LogP contribution in [-0.4, -0.2) is 26.9 Å². The number of cyclic esters (lactones) is 1. The van der Waals surface area contributed by atoms with Crippen molar-refractivity contribution in [1.82, 2.24) is 0 Å². The Labute approximate surface area is 168 Å². The molecule has 1 aliphatic heterocycles. The molecular formula is C23H28O4Si. The van der Waals surface area contributed by atoms with Crippen molar-refractivity contribution in [1.29, 1.82) is 0 Å². The summed E-state index contributed by atoms with van der Waals surface area (Å²) in [5.74, 6) is -0.763. The van der Waals surface area contributed by atoms with Gasteiger partial charge in [0.15, 0.2) is 0 Å². The first-order valence-corrected chi connectivity index (χ1v) is 11.7. The van der Waals surface area contributed by atoms with Crippen molar-refractivity contribution < 1.29 is 18.8 Å². The van der Waals surface area contributed by atoms with Crippen LogP contribution in [0, 0.1) is 5.92 Å². The fourth-order valence-corrected chi connectivity index (χ4v) is 8.34. The molecule has 0 bridgehead atoms. The molecule has 0 aliphatic carbocycles. The van der Waals surface area contributed by atoms with Gasteiger partial charge in [-0.3, -0.25) is 9.59 Å². The molecule has 1 aliphatic rings. The molecule has 0 radical (unpaired) electrons. The van der Waals surface area contributed by atoms with Crippen molar-refractivity contribution in [2.45, 2.75) is 45.1 Å². The molecule has 28 heavy (non-hydrogen) atoms. The minimum Gasteiger partial charge on any atom is -0.509 e. The lowest BCUT2D eigenvalue weighted by Gasteiger charge is -2.42. The van der Waals surface area contributed by atoms with Crippen LogP contribution in [0.2, 0.25) is 5.04 Å². The Bertz CT molecular complexity index is 772. The predicted octanol–water partition coefficient (Wildman–Crippen LogP) is 3.43. The van der Waals surface area contributed by atoms with E-state index in [4.69, 9.17) is 9.16 Å². The molecule has 5 heteroatoms. The summed E-state index contributed by atoms with van der Waals surface area (Å²) >= 11 is 0. The van der Waals surface area contributed by atoms with Crippen molar-refractivity contribution in [3.63, 3.8) is 0 Å². The maximum Gasteiger partial charge on any atom is 0.323 e. The van der Waals surface area contributed by atoms with Gasteiger partial charge in [0.2, 0.25) is 0 Å². The largest absolute Gasteiger partial charge is 0.509 e. The SMILES string of the molecule is CC(C)(C)[Si](OC(=O)C1CCOC(=O)CC1)(c1ccccc1)c1ccccc1. The fraction of sp³-hybridized carbons (Fsp3) is 0.391. The minimum atomic E-state index is -2.91. The summed E-state index contributed by atoms with van der Waals surface area (Å²) in [7, 11) is -2.91. The molecule has 1 unspecified atom stereocenters. The summed E-state index contributed by atoms with van der Waals surface area (Å²) in [6, 6.07) is 20.2. The Hall–Kier alpha value is -2.40. The molecule has 2 aromatic rings. The first-order valence-electron chi connectivity index (χ1n) is 9.84. The number of rotatable bonds is 4. The molecule has 0 spiro atoms.